The molecule has 2 N–H and O–H groups in total. The van der Waals surface area contributed by atoms with Gasteiger partial charge in [0, 0.05) is 28.3 Å². The predicted octanol–water partition coefficient (Wildman–Crippen LogP) is 4.44. The summed E-state index contributed by atoms with van der Waals surface area (Å²) in [5.74, 6) is 0.196. The highest BCUT2D eigenvalue weighted by Crippen LogP contribution is 2.28. The van der Waals surface area contributed by atoms with Crippen LogP contribution in [0.4, 0.5) is 11.4 Å². The first-order valence-electron chi connectivity index (χ1n) is 5.62. The van der Waals surface area contributed by atoms with Crippen molar-refractivity contribution in [2.24, 2.45) is 0 Å². The number of nitro benzene ring substituents is 1. The lowest BCUT2D eigenvalue weighted by Gasteiger charge is -2.09. The molecule has 0 saturated heterocycles. The van der Waals surface area contributed by atoms with Crippen LogP contribution in [0, 0.1) is 10.1 Å². The Morgan fingerprint density at radius 1 is 1.20 bits per heavy atom. The standard InChI is InChI=1S/C13H10Br2N2O3/c14-9-1-4-13(18)8(5-9)7-16-10-2-3-12(17(19)20)11(15)6-10/h1-6,16,18H,7H2. The summed E-state index contributed by atoms with van der Waals surface area (Å²) in [7, 11) is 0. The second kappa shape index (κ2) is 6.23. The molecule has 5 nitrogen and oxygen atoms in total. The van der Waals surface area contributed by atoms with Gasteiger partial charge in [0.2, 0.25) is 0 Å². The fraction of sp³-hybridized carbons (Fsp3) is 0.0769. The third-order valence-corrected chi connectivity index (χ3v) is 3.80. The van der Waals surface area contributed by atoms with Crippen LogP contribution in [0.3, 0.4) is 0 Å². The first-order valence-corrected chi connectivity index (χ1v) is 7.21. The number of halogens is 2. The Morgan fingerprint density at radius 2 is 1.95 bits per heavy atom. The molecule has 104 valence electrons. The molecule has 0 amide bonds. The van der Waals surface area contributed by atoms with Crippen LogP contribution in [0.15, 0.2) is 45.3 Å². The first-order chi connectivity index (χ1) is 9.47. The molecule has 7 heteroatoms. The van der Waals surface area contributed by atoms with E-state index in [0.29, 0.717) is 11.0 Å². The lowest BCUT2D eigenvalue weighted by Crippen LogP contribution is -2.00. The Balaban J connectivity index is 2.13. The van der Waals surface area contributed by atoms with Crippen molar-refractivity contribution >= 4 is 43.2 Å². The molecule has 20 heavy (non-hydrogen) atoms. The van der Waals surface area contributed by atoms with Gasteiger partial charge in [-0.25, -0.2) is 0 Å². The van der Waals surface area contributed by atoms with E-state index >= 15 is 0 Å². The number of hydrogen-bond donors (Lipinski definition) is 2. The third kappa shape index (κ3) is 3.49. The molecule has 0 atom stereocenters. The van der Waals surface area contributed by atoms with Crippen molar-refractivity contribution in [1.82, 2.24) is 0 Å². The lowest BCUT2D eigenvalue weighted by atomic mass is 10.2. The van der Waals surface area contributed by atoms with Crippen molar-refractivity contribution in [3.8, 4) is 5.75 Å². The number of aromatic hydroxyl groups is 1. The van der Waals surface area contributed by atoms with E-state index in [1.807, 2.05) is 6.07 Å². The summed E-state index contributed by atoms with van der Waals surface area (Å²) < 4.78 is 1.28. The Bertz CT molecular complexity index is 662. The van der Waals surface area contributed by atoms with E-state index in [1.165, 1.54) is 6.07 Å². The summed E-state index contributed by atoms with van der Waals surface area (Å²) in [6.45, 7) is 0.412. The summed E-state index contributed by atoms with van der Waals surface area (Å²) in [4.78, 5) is 10.3. The lowest BCUT2D eigenvalue weighted by molar-refractivity contribution is -0.385. The van der Waals surface area contributed by atoms with Crippen LogP contribution in [-0.2, 0) is 6.54 Å². The second-order valence-corrected chi connectivity index (χ2v) is 5.82. The minimum Gasteiger partial charge on any atom is -0.508 e. The number of benzene rings is 2. The largest absolute Gasteiger partial charge is 0.508 e. The van der Waals surface area contributed by atoms with Crippen LogP contribution >= 0.6 is 31.9 Å². The van der Waals surface area contributed by atoms with Crippen LogP contribution in [0.1, 0.15) is 5.56 Å². The van der Waals surface area contributed by atoms with Crippen LogP contribution in [0.5, 0.6) is 5.75 Å². The molecule has 0 aliphatic carbocycles. The SMILES string of the molecule is O=[N+]([O-])c1ccc(NCc2cc(Br)ccc2O)cc1Br. The van der Waals surface area contributed by atoms with E-state index in [4.69, 9.17) is 0 Å². The summed E-state index contributed by atoms with van der Waals surface area (Å²) in [6, 6.07) is 9.84. The summed E-state index contributed by atoms with van der Waals surface area (Å²) in [5, 5.41) is 23.5. The van der Waals surface area contributed by atoms with Crippen LogP contribution < -0.4 is 5.32 Å². The third-order valence-electron chi connectivity index (χ3n) is 2.67. The molecule has 0 unspecified atom stereocenters. The van der Waals surface area contributed by atoms with E-state index in [-0.39, 0.29) is 11.4 Å². The van der Waals surface area contributed by atoms with E-state index in [2.05, 4.69) is 37.2 Å². The van der Waals surface area contributed by atoms with Gasteiger partial charge in [-0.3, -0.25) is 10.1 Å². The second-order valence-electron chi connectivity index (χ2n) is 4.05. The van der Waals surface area contributed by atoms with Crippen LogP contribution in [0.25, 0.3) is 0 Å². The minimum atomic E-state index is -0.450. The predicted molar refractivity (Wildman–Crippen MR) is 83.9 cm³/mol. The van der Waals surface area contributed by atoms with Crippen molar-refractivity contribution in [2.75, 3.05) is 5.32 Å². The van der Waals surface area contributed by atoms with Crippen LogP contribution in [0.2, 0.25) is 0 Å². The highest BCUT2D eigenvalue weighted by molar-refractivity contribution is 9.10. The Morgan fingerprint density at radius 3 is 2.60 bits per heavy atom. The number of phenols is 1. The number of nitrogens with zero attached hydrogens (tertiary/aromatic N) is 1. The van der Waals surface area contributed by atoms with Gasteiger partial charge in [0.15, 0.2) is 0 Å². The Kier molecular flexibility index (Phi) is 4.61. The normalized spacial score (nSPS) is 10.3. The fourth-order valence-corrected chi connectivity index (χ4v) is 2.59. The van der Waals surface area contributed by atoms with Crippen molar-refractivity contribution in [3.05, 3.63) is 61.0 Å². The average molecular weight is 402 g/mol. The van der Waals surface area contributed by atoms with Crippen molar-refractivity contribution in [3.63, 3.8) is 0 Å². The molecule has 0 aliphatic rings. The molecule has 0 fully saturated rings. The van der Waals surface area contributed by atoms with Gasteiger partial charge in [-0.05, 0) is 46.3 Å². The van der Waals surface area contributed by atoms with E-state index in [1.54, 1.807) is 24.3 Å². The maximum atomic E-state index is 10.7. The number of hydrogen-bond acceptors (Lipinski definition) is 4. The maximum absolute atomic E-state index is 10.7. The molecule has 0 spiro atoms. The molecule has 0 aromatic heterocycles. The van der Waals surface area contributed by atoms with Crippen molar-refractivity contribution < 1.29 is 10.0 Å². The molecule has 0 bridgehead atoms. The molecular formula is C13H10Br2N2O3. The number of nitrogens with one attached hydrogen (secondary N) is 1. The van der Waals surface area contributed by atoms with Gasteiger partial charge in [-0.2, -0.15) is 0 Å². The summed E-state index contributed by atoms with van der Waals surface area (Å²) in [6.07, 6.45) is 0. The number of phenolic OH excluding ortho intramolecular Hbond substituents is 1. The zero-order chi connectivity index (χ0) is 14.7. The van der Waals surface area contributed by atoms with Crippen molar-refractivity contribution in [1.29, 1.82) is 0 Å². The first kappa shape index (κ1) is 14.8. The molecule has 0 heterocycles. The van der Waals surface area contributed by atoms with Gasteiger partial charge in [0.05, 0.1) is 9.40 Å². The van der Waals surface area contributed by atoms with Crippen molar-refractivity contribution in [2.45, 2.75) is 6.54 Å². The number of rotatable bonds is 4. The zero-order valence-corrected chi connectivity index (χ0v) is 13.3. The van der Waals surface area contributed by atoms with Crippen LogP contribution in [-0.4, -0.2) is 10.0 Å². The molecule has 2 rings (SSSR count). The Hall–Kier alpha value is -1.60. The van der Waals surface area contributed by atoms with E-state index < -0.39 is 4.92 Å². The monoisotopic (exact) mass is 400 g/mol. The zero-order valence-electron chi connectivity index (χ0n) is 10.1. The summed E-state index contributed by atoms with van der Waals surface area (Å²) >= 11 is 6.50. The van der Waals surface area contributed by atoms with E-state index in [9.17, 15) is 15.2 Å². The van der Waals surface area contributed by atoms with Gasteiger partial charge in [-0.1, -0.05) is 15.9 Å². The molecule has 2 aromatic rings. The fourth-order valence-electron chi connectivity index (χ4n) is 1.66. The topological polar surface area (TPSA) is 75.4 Å². The highest BCUT2D eigenvalue weighted by atomic mass is 79.9. The Labute approximate surface area is 132 Å². The maximum Gasteiger partial charge on any atom is 0.283 e. The smallest absolute Gasteiger partial charge is 0.283 e. The van der Waals surface area contributed by atoms with Gasteiger partial charge >= 0.3 is 0 Å². The molecule has 2 aromatic carbocycles. The van der Waals surface area contributed by atoms with Gasteiger partial charge in [0.25, 0.3) is 5.69 Å². The van der Waals surface area contributed by atoms with Gasteiger partial charge in [-0.15, -0.1) is 0 Å². The van der Waals surface area contributed by atoms with Gasteiger partial charge in [0.1, 0.15) is 5.75 Å². The molecule has 0 saturated carbocycles. The molecular weight excluding hydrogens is 392 g/mol. The minimum absolute atomic E-state index is 0.0147. The number of anilines is 1. The quantitative estimate of drug-likeness (QED) is 0.586. The highest BCUT2D eigenvalue weighted by Gasteiger charge is 2.11. The average Bonchev–Trinajstić information content (AvgIpc) is 2.39. The number of nitro groups is 1. The summed E-state index contributed by atoms with van der Waals surface area (Å²) in [5.41, 5.74) is 1.47. The van der Waals surface area contributed by atoms with E-state index in [0.717, 1.165) is 15.7 Å². The molecule has 0 aliphatic heterocycles. The molecule has 0 radical (unpaired) electrons. The van der Waals surface area contributed by atoms with Gasteiger partial charge < -0.3 is 10.4 Å².